The molecule has 160 valence electrons. The molecule has 0 bridgehead atoms. The predicted octanol–water partition coefficient (Wildman–Crippen LogP) is 2.15. The van der Waals surface area contributed by atoms with Crippen LogP contribution in [0.15, 0.2) is 18.2 Å². The van der Waals surface area contributed by atoms with Gasteiger partial charge in [-0.2, -0.15) is 4.31 Å². The van der Waals surface area contributed by atoms with Crippen LogP contribution in [0.2, 0.25) is 0 Å². The molecule has 1 amide bonds. The van der Waals surface area contributed by atoms with Gasteiger partial charge in [-0.05, 0) is 50.3 Å². The number of ether oxygens (including phenoxy) is 2. The van der Waals surface area contributed by atoms with E-state index in [-0.39, 0.29) is 23.9 Å². The zero-order valence-corrected chi connectivity index (χ0v) is 18.0. The number of amides is 1. The Hall–Kier alpha value is -1.64. The summed E-state index contributed by atoms with van der Waals surface area (Å²) in [6, 6.07) is 5.94. The van der Waals surface area contributed by atoms with E-state index in [0.717, 1.165) is 42.6 Å². The molecule has 3 aliphatic rings. The summed E-state index contributed by atoms with van der Waals surface area (Å²) in [6.07, 6.45) is 4.65. The zero-order chi connectivity index (χ0) is 20.6. The maximum absolute atomic E-state index is 13.1. The summed E-state index contributed by atoms with van der Waals surface area (Å²) in [5.74, 6) is 0.949. The van der Waals surface area contributed by atoms with Crippen LogP contribution in [0, 0.1) is 5.92 Å². The molecule has 1 aliphatic carbocycles. The van der Waals surface area contributed by atoms with Crippen LogP contribution in [0.1, 0.15) is 43.7 Å². The Kier molecular flexibility index (Phi) is 5.86. The summed E-state index contributed by atoms with van der Waals surface area (Å²) in [7, 11) is -3.25. The van der Waals surface area contributed by atoms with E-state index in [2.05, 4.69) is 0 Å². The summed E-state index contributed by atoms with van der Waals surface area (Å²) in [5.41, 5.74) is 1.87. The molecule has 2 heterocycles. The minimum atomic E-state index is -3.25. The standard InChI is InChI=1S/C21H30N2O5S/c1-15-14-28-20-6-3-16(12-23(19-4-5-19)29(2,25)26)11-18(20)13-22(15)21(24)17-7-9-27-10-8-17/h3,6,11,15,17,19H,4-5,7-10,12-14H2,1-2H3/t15-/m0/s1. The topological polar surface area (TPSA) is 76.2 Å². The summed E-state index contributed by atoms with van der Waals surface area (Å²) < 4.78 is 37.3. The van der Waals surface area contributed by atoms with Gasteiger partial charge in [0.2, 0.25) is 15.9 Å². The van der Waals surface area contributed by atoms with Crippen LogP contribution in [0.3, 0.4) is 0 Å². The van der Waals surface area contributed by atoms with E-state index in [1.54, 1.807) is 4.31 Å². The van der Waals surface area contributed by atoms with E-state index in [1.165, 1.54) is 6.26 Å². The normalized spacial score (nSPS) is 23.4. The molecular weight excluding hydrogens is 392 g/mol. The third-order valence-corrected chi connectivity index (χ3v) is 7.33. The lowest BCUT2D eigenvalue weighted by molar-refractivity contribution is -0.141. The Morgan fingerprint density at radius 1 is 1.21 bits per heavy atom. The minimum absolute atomic E-state index is 0.00604. The summed E-state index contributed by atoms with van der Waals surface area (Å²) in [6.45, 7) is 4.60. The van der Waals surface area contributed by atoms with Crippen LogP contribution in [-0.2, 0) is 32.6 Å². The first-order valence-electron chi connectivity index (χ1n) is 10.4. The minimum Gasteiger partial charge on any atom is -0.491 e. The monoisotopic (exact) mass is 422 g/mol. The maximum atomic E-state index is 13.1. The average Bonchev–Trinajstić information content (AvgIpc) is 3.54. The van der Waals surface area contributed by atoms with Gasteiger partial charge in [0, 0.05) is 43.8 Å². The molecule has 1 aromatic carbocycles. The first-order valence-corrected chi connectivity index (χ1v) is 12.3. The fraction of sp³-hybridized carbons (Fsp3) is 0.667. The number of hydrogen-bond acceptors (Lipinski definition) is 5. The van der Waals surface area contributed by atoms with Crippen molar-refractivity contribution in [2.45, 2.75) is 57.8 Å². The van der Waals surface area contributed by atoms with Crippen LogP contribution in [0.5, 0.6) is 5.75 Å². The SMILES string of the molecule is C[C@H]1COc2ccc(CN(C3CC3)S(C)(=O)=O)cc2CN1C(=O)C1CCOCC1. The van der Waals surface area contributed by atoms with Gasteiger partial charge in [-0.1, -0.05) is 6.07 Å². The summed E-state index contributed by atoms with van der Waals surface area (Å²) in [5, 5.41) is 0. The van der Waals surface area contributed by atoms with Gasteiger partial charge in [-0.15, -0.1) is 0 Å². The molecule has 0 unspecified atom stereocenters. The number of hydrogen-bond donors (Lipinski definition) is 0. The Bertz CT molecular complexity index is 862. The van der Waals surface area contributed by atoms with Crippen molar-refractivity contribution in [3.63, 3.8) is 0 Å². The lowest BCUT2D eigenvalue weighted by atomic mass is 9.97. The highest BCUT2D eigenvalue weighted by Crippen LogP contribution is 2.33. The molecule has 0 N–H and O–H groups in total. The first kappa shape index (κ1) is 20.6. The van der Waals surface area contributed by atoms with Gasteiger partial charge in [-0.3, -0.25) is 4.79 Å². The summed E-state index contributed by atoms with van der Waals surface area (Å²) >= 11 is 0. The van der Waals surface area contributed by atoms with Gasteiger partial charge in [0.05, 0.1) is 12.3 Å². The van der Waals surface area contributed by atoms with E-state index >= 15 is 0 Å². The molecule has 2 aliphatic heterocycles. The first-order chi connectivity index (χ1) is 13.8. The van der Waals surface area contributed by atoms with Crippen molar-refractivity contribution in [1.82, 2.24) is 9.21 Å². The molecule has 4 rings (SSSR count). The van der Waals surface area contributed by atoms with Crippen LogP contribution in [0.4, 0.5) is 0 Å². The molecule has 1 saturated heterocycles. The molecule has 2 fully saturated rings. The number of rotatable bonds is 5. The van der Waals surface area contributed by atoms with Crippen molar-refractivity contribution in [3.05, 3.63) is 29.3 Å². The average molecular weight is 423 g/mol. The lowest BCUT2D eigenvalue weighted by Crippen LogP contribution is -2.44. The Labute approximate surface area is 173 Å². The number of carbonyl (C=O) groups is 1. The lowest BCUT2D eigenvalue weighted by Gasteiger charge is -2.32. The molecule has 7 nitrogen and oxygen atoms in total. The van der Waals surface area contributed by atoms with Gasteiger partial charge < -0.3 is 14.4 Å². The van der Waals surface area contributed by atoms with Crippen LogP contribution < -0.4 is 4.74 Å². The Balaban J connectivity index is 1.54. The van der Waals surface area contributed by atoms with Gasteiger partial charge in [0.15, 0.2) is 0 Å². The molecule has 1 atom stereocenters. The van der Waals surface area contributed by atoms with E-state index < -0.39 is 10.0 Å². The zero-order valence-electron chi connectivity index (χ0n) is 17.2. The number of benzene rings is 1. The van der Waals surface area contributed by atoms with E-state index in [0.29, 0.717) is 32.9 Å². The van der Waals surface area contributed by atoms with Crippen molar-refractivity contribution in [2.75, 3.05) is 26.1 Å². The number of carbonyl (C=O) groups excluding carboxylic acids is 1. The van der Waals surface area contributed by atoms with Crippen molar-refractivity contribution in [3.8, 4) is 5.75 Å². The van der Waals surface area contributed by atoms with E-state index in [4.69, 9.17) is 9.47 Å². The van der Waals surface area contributed by atoms with E-state index in [9.17, 15) is 13.2 Å². The maximum Gasteiger partial charge on any atom is 0.226 e. The van der Waals surface area contributed by atoms with Crippen molar-refractivity contribution < 1.29 is 22.7 Å². The van der Waals surface area contributed by atoms with Gasteiger partial charge >= 0.3 is 0 Å². The molecule has 29 heavy (non-hydrogen) atoms. The number of nitrogens with zero attached hydrogens (tertiary/aromatic N) is 2. The van der Waals surface area contributed by atoms with Gasteiger partial charge in [0.25, 0.3) is 0 Å². The van der Waals surface area contributed by atoms with Gasteiger partial charge in [0.1, 0.15) is 12.4 Å². The van der Waals surface area contributed by atoms with Crippen molar-refractivity contribution in [1.29, 1.82) is 0 Å². The number of fused-ring (bicyclic) bond motifs is 1. The Morgan fingerprint density at radius 2 is 1.93 bits per heavy atom. The van der Waals surface area contributed by atoms with Crippen LogP contribution in [0.25, 0.3) is 0 Å². The summed E-state index contributed by atoms with van der Waals surface area (Å²) in [4.78, 5) is 15.1. The largest absolute Gasteiger partial charge is 0.491 e. The van der Waals surface area contributed by atoms with E-state index in [1.807, 2.05) is 30.0 Å². The highest BCUT2D eigenvalue weighted by Gasteiger charge is 2.35. The molecule has 1 saturated carbocycles. The van der Waals surface area contributed by atoms with Gasteiger partial charge in [-0.25, -0.2) is 8.42 Å². The highest BCUT2D eigenvalue weighted by atomic mass is 32.2. The predicted molar refractivity (Wildman–Crippen MR) is 109 cm³/mol. The molecule has 0 aromatic heterocycles. The second-order valence-electron chi connectivity index (χ2n) is 8.49. The fourth-order valence-corrected chi connectivity index (χ4v) is 5.30. The van der Waals surface area contributed by atoms with Crippen LogP contribution >= 0.6 is 0 Å². The third-order valence-electron chi connectivity index (χ3n) is 6.05. The molecule has 0 radical (unpaired) electrons. The number of sulfonamides is 1. The van der Waals surface area contributed by atoms with Crippen LogP contribution in [-0.4, -0.2) is 61.7 Å². The second kappa shape index (κ2) is 8.24. The van der Waals surface area contributed by atoms with Crippen molar-refractivity contribution in [2.24, 2.45) is 5.92 Å². The highest BCUT2D eigenvalue weighted by molar-refractivity contribution is 7.88. The molecule has 8 heteroatoms. The second-order valence-corrected chi connectivity index (χ2v) is 10.4. The third kappa shape index (κ3) is 4.75. The van der Waals surface area contributed by atoms with Crippen molar-refractivity contribution >= 4 is 15.9 Å². The fourth-order valence-electron chi connectivity index (χ4n) is 4.17. The molecular formula is C21H30N2O5S. The quantitative estimate of drug-likeness (QED) is 0.727. The Morgan fingerprint density at radius 3 is 2.59 bits per heavy atom. The molecule has 0 spiro atoms. The molecule has 1 aromatic rings. The smallest absolute Gasteiger partial charge is 0.226 e.